The van der Waals surface area contributed by atoms with E-state index >= 15 is 0 Å². The van der Waals surface area contributed by atoms with E-state index in [1.165, 1.54) is 32.1 Å². The van der Waals surface area contributed by atoms with Gasteiger partial charge in [-0.15, -0.1) is 6.58 Å². The van der Waals surface area contributed by atoms with E-state index in [0.29, 0.717) is 25.0 Å². The fourth-order valence-electron chi connectivity index (χ4n) is 5.11. The number of hydrogen-bond donors (Lipinski definition) is 1. The van der Waals surface area contributed by atoms with Crippen molar-refractivity contribution in [2.75, 3.05) is 13.2 Å². The molecule has 0 unspecified atom stereocenters. The summed E-state index contributed by atoms with van der Waals surface area (Å²) in [4.78, 5) is 12.6. The van der Waals surface area contributed by atoms with Crippen LogP contribution in [0.5, 0.6) is 0 Å². The average Bonchev–Trinajstić information content (AvgIpc) is 2.38. The molecule has 0 spiro atoms. The average molecular weight is 263 g/mol. The van der Waals surface area contributed by atoms with Gasteiger partial charge in [-0.25, -0.2) is 0 Å². The van der Waals surface area contributed by atoms with Gasteiger partial charge >= 0.3 is 5.97 Å². The van der Waals surface area contributed by atoms with E-state index in [2.05, 4.69) is 11.9 Å². The molecule has 4 aliphatic rings. The molecule has 3 nitrogen and oxygen atoms in total. The van der Waals surface area contributed by atoms with Crippen molar-refractivity contribution < 1.29 is 9.53 Å². The highest BCUT2D eigenvalue weighted by atomic mass is 16.5. The minimum atomic E-state index is -0.419. The van der Waals surface area contributed by atoms with E-state index in [4.69, 9.17) is 4.74 Å². The van der Waals surface area contributed by atoms with E-state index in [9.17, 15) is 4.79 Å². The highest BCUT2D eigenvalue weighted by Gasteiger charge is 2.61. The number of esters is 1. The third-order valence-corrected chi connectivity index (χ3v) is 5.58. The molecule has 4 bridgehead atoms. The Balaban J connectivity index is 1.90. The molecule has 0 saturated heterocycles. The van der Waals surface area contributed by atoms with Gasteiger partial charge in [0.2, 0.25) is 0 Å². The molecule has 4 aliphatic carbocycles. The number of carbonyl (C=O) groups excluding carboxylic acids is 1. The molecular formula is C16H25NO2. The van der Waals surface area contributed by atoms with Crippen molar-refractivity contribution in [2.45, 2.75) is 44.6 Å². The van der Waals surface area contributed by atoms with Crippen LogP contribution in [0.2, 0.25) is 0 Å². The number of carbonyl (C=O) groups is 1. The molecule has 0 aromatic carbocycles. The molecule has 0 aliphatic heterocycles. The Hall–Kier alpha value is -0.830. The van der Waals surface area contributed by atoms with Gasteiger partial charge in [0, 0.05) is 6.54 Å². The van der Waals surface area contributed by atoms with E-state index in [1.807, 2.05) is 13.0 Å². The summed E-state index contributed by atoms with van der Waals surface area (Å²) in [5, 5.41) is 3.52. The first-order chi connectivity index (χ1) is 9.20. The zero-order chi connectivity index (χ0) is 13.5. The number of nitrogens with one attached hydrogen (secondary N) is 1. The maximum Gasteiger partial charge on any atom is 0.326 e. The lowest BCUT2D eigenvalue weighted by Crippen LogP contribution is -2.69. The van der Waals surface area contributed by atoms with E-state index in [0.717, 1.165) is 11.8 Å². The lowest BCUT2D eigenvalue weighted by Gasteiger charge is -2.59. The summed E-state index contributed by atoms with van der Waals surface area (Å²) in [5.41, 5.74) is -0.419. The molecule has 106 valence electrons. The zero-order valence-corrected chi connectivity index (χ0v) is 11.9. The Morgan fingerprint density at radius 3 is 2.32 bits per heavy atom. The standard InChI is InChI=1S/C16H25NO2/c1-3-5-17-16(15(18)19-4-2)13-7-11-6-12(9-13)10-14(16)8-11/h3,11-14,17H,1,4-10H2,2H3. The van der Waals surface area contributed by atoms with Crippen LogP contribution in [0, 0.1) is 23.7 Å². The largest absolute Gasteiger partial charge is 0.465 e. The van der Waals surface area contributed by atoms with E-state index in [-0.39, 0.29) is 5.97 Å². The normalized spacial score (nSPS) is 43.2. The Morgan fingerprint density at radius 1 is 1.26 bits per heavy atom. The van der Waals surface area contributed by atoms with Gasteiger partial charge in [-0.3, -0.25) is 10.1 Å². The number of hydrogen-bond acceptors (Lipinski definition) is 3. The third-order valence-electron chi connectivity index (χ3n) is 5.58. The van der Waals surface area contributed by atoms with Crippen LogP contribution in [0.3, 0.4) is 0 Å². The summed E-state index contributed by atoms with van der Waals surface area (Å²) in [7, 11) is 0. The highest BCUT2D eigenvalue weighted by Crippen LogP contribution is 2.58. The summed E-state index contributed by atoms with van der Waals surface area (Å²) in [6.45, 7) is 6.85. The zero-order valence-electron chi connectivity index (χ0n) is 11.9. The predicted octanol–water partition coefficient (Wildman–Crippen LogP) is 2.52. The maximum absolute atomic E-state index is 12.6. The number of ether oxygens (including phenoxy) is 1. The fraction of sp³-hybridized carbons (Fsp3) is 0.812. The van der Waals surface area contributed by atoms with Gasteiger partial charge in [0.05, 0.1) is 6.61 Å². The SMILES string of the molecule is C=CCNC1(C(=O)OCC)C2CC3CC(C2)CC1C3. The van der Waals surface area contributed by atoms with Gasteiger partial charge < -0.3 is 4.74 Å². The first-order valence-corrected chi connectivity index (χ1v) is 7.73. The van der Waals surface area contributed by atoms with Crippen LogP contribution >= 0.6 is 0 Å². The van der Waals surface area contributed by atoms with Crippen molar-refractivity contribution in [1.82, 2.24) is 5.32 Å². The molecule has 1 N–H and O–H groups in total. The first kappa shape index (κ1) is 13.2. The second-order valence-electron chi connectivity index (χ2n) is 6.56. The van der Waals surface area contributed by atoms with Crippen molar-refractivity contribution >= 4 is 5.97 Å². The number of rotatable bonds is 5. The van der Waals surface area contributed by atoms with Crippen LogP contribution in [-0.2, 0) is 9.53 Å². The Morgan fingerprint density at radius 2 is 1.84 bits per heavy atom. The van der Waals surface area contributed by atoms with Crippen LogP contribution in [0.25, 0.3) is 0 Å². The monoisotopic (exact) mass is 263 g/mol. The molecule has 0 amide bonds. The topological polar surface area (TPSA) is 38.3 Å². The molecule has 0 atom stereocenters. The molecular weight excluding hydrogens is 238 g/mol. The molecule has 0 aromatic heterocycles. The predicted molar refractivity (Wildman–Crippen MR) is 74.6 cm³/mol. The molecule has 3 heteroatoms. The van der Waals surface area contributed by atoms with Crippen molar-refractivity contribution in [3.05, 3.63) is 12.7 Å². The summed E-state index contributed by atoms with van der Waals surface area (Å²) >= 11 is 0. The van der Waals surface area contributed by atoms with Crippen molar-refractivity contribution in [1.29, 1.82) is 0 Å². The van der Waals surface area contributed by atoms with Gasteiger partial charge in [-0.05, 0) is 62.7 Å². The maximum atomic E-state index is 12.6. The van der Waals surface area contributed by atoms with Crippen molar-refractivity contribution in [2.24, 2.45) is 23.7 Å². The minimum absolute atomic E-state index is 0.00866. The lowest BCUT2D eigenvalue weighted by molar-refractivity contribution is -0.170. The third kappa shape index (κ3) is 1.94. The summed E-state index contributed by atoms with van der Waals surface area (Å²) in [5.74, 6) is 2.65. The molecule has 0 radical (unpaired) electrons. The molecule has 0 heterocycles. The highest BCUT2D eigenvalue weighted by molar-refractivity contribution is 5.82. The molecule has 4 rings (SSSR count). The first-order valence-electron chi connectivity index (χ1n) is 7.73. The molecule has 4 fully saturated rings. The quantitative estimate of drug-likeness (QED) is 0.612. The van der Waals surface area contributed by atoms with Crippen LogP contribution in [-0.4, -0.2) is 24.7 Å². The molecule has 4 saturated carbocycles. The van der Waals surface area contributed by atoms with Crippen LogP contribution in [0.1, 0.15) is 39.0 Å². The van der Waals surface area contributed by atoms with Gasteiger partial charge in [0.25, 0.3) is 0 Å². The molecule has 0 aromatic rings. The van der Waals surface area contributed by atoms with Gasteiger partial charge in [-0.2, -0.15) is 0 Å². The Kier molecular flexibility index (Phi) is 3.42. The molecule has 19 heavy (non-hydrogen) atoms. The van der Waals surface area contributed by atoms with Crippen molar-refractivity contribution in [3.8, 4) is 0 Å². The Bertz CT molecular complexity index is 349. The van der Waals surface area contributed by atoms with Crippen LogP contribution < -0.4 is 5.32 Å². The summed E-state index contributed by atoms with van der Waals surface area (Å²) < 4.78 is 5.43. The van der Waals surface area contributed by atoms with E-state index < -0.39 is 5.54 Å². The Labute approximate surface area is 115 Å². The minimum Gasteiger partial charge on any atom is -0.465 e. The lowest BCUT2D eigenvalue weighted by atomic mass is 9.48. The fourth-order valence-corrected chi connectivity index (χ4v) is 5.11. The van der Waals surface area contributed by atoms with Gasteiger partial charge in [0.1, 0.15) is 5.54 Å². The van der Waals surface area contributed by atoms with E-state index in [1.54, 1.807) is 0 Å². The summed E-state index contributed by atoms with van der Waals surface area (Å²) in [6.07, 6.45) is 8.07. The van der Waals surface area contributed by atoms with Gasteiger partial charge in [-0.1, -0.05) is 6.08 Å². The summed E-state index contributed by atoms with van der Waals surface area (Å²) in [6, 6.07) is 0. The van der Waals surface area contributed by atoms with Crippen molar-refractivity contribution in [3.63, 3.8) is 0 Å². The van der Waals surface area contributed by atoms with Gasteiger partial charge in [0.15, 0.2) is 0 Å². The second kappa shape index (κ2) is 4.93. The van der Waals surface area contributed by atoms with Crippen LogP contribution in [0.4, 0.5) is 0 Å². The second-order valence-corrected chi connectivity index (χ2v) is 6.56. The van der Waals surface area contributed by atoms with Crippen LogP contribution in [0.15, 0.2) is 12.7 Å². The smallest absolute Gasteiger partial charge is 0.326 e.